The minimum atomic E-state index is -4.30. The Kier molecular flexibility index (Phi) is 4.14. The van der Waals surface area contributed by atoms with E-state index in [1.54, 1.807) is 29.0 Å². The Balaban J connectivity index is 2.37. The zero-order valence-electron chi connectivity index (χ0n) is 11.1. The minimum absolute atomic E-state index is 0.0353. The summed E-state index contributed by atoms with van der Waals surface area (Å²) in [4.78, 5) is 22.4. The lowest BCUT2D eigenvalue weighted by Gasteiger charge is -2.32. The predicted octanol–water partition coefficient (Wildman–Crippen LogP) is 0.0987. The summed E-state index contributed by atoms with van der Waals surface area (Å²) in [6.45, 7) is -0.126. The van der Waals surface area contributed by atoms with Gasteiger partial charge in [-0.2, -0.15) is 12.7 Å². The minimum Gasteiger partial charge on any atom is -0.480 e. The monoisotopic (exact) mass is 314 g/mol. The fourth-order valence-electron chi connectivity index (χ4n) is 2.17. The molecule has 0 spiro atoms. The molecule has 0 saturated heterocycles. The lowest BCUT2D eigenvalue weighted by molar-refractivity contribution is -0.141. The summed E-state index contributed by atoms with van der Waals surface area (Å²) in [5.74, 6) is -1.28. The van der Waals surface area contributed by atoms with Crippen LogP contribution in [-0.4, -0.2) is 43.0 Å². The maximum Gasteiger partial charge on any atom is 0.421 e. The number of aliphatic carboxylic acids is 1. The number of hydrogen-bond donors (Lipinski definition) is 2. The summed E-state index contributed by atoms with van der Waals surface area (Å²) < 4.78 is 30.9. The van der Waals surface area contributed by atoms with Gasteiger partial charge >= 0.3 is 22.3 Å². The molecular formula is C12H14N2O6S. The molecule has 21 heavy (non-hydrogen) atoms. The second-order valence-electron chi connectivity index (χ2n) is 4.47. The van der Waals surface area contributed by atoms with E-state index in [2.05, 4.69) is 4.74 Å². The van der Waals surface area contributed by atoms with Crippen LogP contribution in [0.15, 0.2) is 24.3 Å². The van der Waals surface area contributed by atoms with Crippen LogP contribution in [0.1, 0.15) is 11.1 Å². The molecule has 2 N–H and O–H groups in total. The number of carboxylic acid groups (broad SMARTS) is 1. The molecule has 1 amide bonds. The number of carbonyl (C=O) groups is 2. The first-order valence-corrected chi connectivity index (χ1v) is 7.46. The SMILES string of the molecule is COC(=O)NS(=O)(=O)N1Cc2ccccc2C[C@H]1C(=O)O. The molecule has 1 heterocycles. The van der Waals surface area contributed by atoms with Crippen molar-refractivity contribution in [2.24, 2.45) is 0 Å². The highest BCUT2D eigenvalue weighted by Gasteiger charge is 2.39. The van der Waals surface area contributed by atoms with E-state index in [-0.39, 0.29) is 13.0 Å². The highest BCUT2D eigenvalue weighted by Crippen LogP contribution is 2.25. The number of ether oxygens (including phenoxy) is 1. The van der Waals surface area contributed by atoms with Gasteiger partial charge in [-0.25, -0.2) is 9.52 Å². The topological polar surface area (TPSA) is 113 Å². The lowest BCUT2D eigenvalue weighted by Crippen LogP contribution is -2.53. The van der Waals surface area contributed by atoms with Crippen LogP contribution in [0, 0.1) is 0 Å². The van der Waals surface area contributed by atoms with Crippen molar-refractivity contribution in [3.05, 3.63) is 35.4 Å². The Hall–Kier alpha value is -2.13. The van der Waals surface area contributed by atoms with E-state index in [0.29, 0.717) is 5.56 Å². The van der Waals surface area contributed by atoms with Crippen molar-refractivity contribution in [3.8, 4) is 0 Å². The maximum atomic E-state index is 12.1. The molecule has 0 unspecified atom stereocenters. The van der Waals surface area contributed by atoms with E-state index in [9.17, 15) is 23.1 Å². The number of hydrogen-bond acceptors (Lipinski definition) is 5. The number of nitrogens with one attached hydrogen (secondary N) is 1. The van der Waals surface area contributed by atoms with E-state index >= 15 is 0 Å². The van der Waals surface area contributed by atoms with Crippen LogP contribution >= 0.6 is 0 Å². The first-order chi connectivity index (χ1) is 9.85. The van der Waals surface area contributed by atoms with Crippen molar-refractivity contribution in [1.29, 1.82) is 0 Å². The van der Waals surface area contributed by atoms with Gasteiger partial charge in [0.15, 0.2) is 0 Å². The lowest BCUT2D eigenvalue weighted by atomic mass is 9.96. The van der Waals surface area contributed by atoms with Crippen LogP contribution < -0.4 is 4.72 Å². The summed E-state index contributed by atoms with van der Waals surface area (Å²) in [5.41, 5.74) is 1.47. The van der Waals surface area contributed by atoms with Gasteiger partial charge in [-0.3, -0.25) is 4.79 Å². The molecular weight excluding hydrogens is 300 g/mol. The Bertz CT molecular complexity index is 672. The predicted molar refractivity (Wildman–Crippen MR) is 71.6 cm³/mol. The van der Waals surface area contributed by atoms with Gasteiger partial charge in [-0.05, 0) is 11.1 Å². The van der Waals surface area contributed by atoms with Crippen LogP contribution in [0.25, 0.3) is 0 Å². The highest BCUT2D eigenvalue weighted by atomic mass is 32.2. The molecule has 8 nitrogen and oxygen atoms in total. The smallest absolute Gasteiger partial charge is 0.421 e. The molecule has 1 atom stereocenters. The van der Waals surface area contributed by atoms with E-state index in [1.165, 1.54) is 0 Å². The van der Waals surface area contributed by atoms with Crippen LogP contribution in [0.5, 0.6) is 0 Å². The third-order valence-electron chi connectivity index (χ3n) is 3.20. The summed E-state index contributed by atoms with van der Waals surface area (Å²) >= 11 is 0. The van der Waals surface area contributed by atoms with Crippen molar-refractivity contribution >= 4 is 22.3 Å². The van der Waals surface area contributed by atoms with Crippen molar-refractivity contribution in [3.63, 3.8) is 0 Å². The largest absolute Gasteiger partial charge is 0.480 e. The fraction of sp³-hybridized carbons (Fsp3) is 0.333. The number of nitrogens with zero attached hydrogens (tertiary/aromatic N) is 1. The fourth-order valence-corrected chi connectivity index (χ4v) is 3.39. The third-order valence-corrected chi connectivity index (χ3v) is 4.62. The van der Waals surface area contributed by atoms with Gasteiger partial charge in [0, 0.05) is 13.0 Å². The number of methoxy groups -OCH3 is 1. The molecule has 0 aromatic heterocycles. The molecule has 1 aliphatic heterocycles. The summed E-state index contributed by atoms with van der Waals surface area (Å²) in [6.07, 6.45) is -1.13. The normalized spacial score (nSPS) is 18.6. The van der Waals surface area contributed by atoms with E-state index in [0.717, 1.165) is 17.0 Å². The Labute approximate surface area is 121 Å². The van der Waals surface area contributed by atoms with Crippen LogP contribution in [0.4, 0.5) is 4.79 Å². The Morgan fingerprint density at radius 3 is 2.52 bits per heavy atom. The molecule has 1 aromatic carbocycles. The maximum absolute atomic E-state index is 12.1. The molecule has 114 valence electrons. The third kappa shape index (κ3) is 3.14. The van der Waals surface area contributed by atoms with Gasteiger partial charge in [-0.15, -0.1) is 0 Å². The number of benzene rings is 1. The van der Waals surface area contributed by atoms with E-state index < -0.39 is 28.3 Å². The van der Waals surface area contributed by atoms with Crippen LogP contribution in [-0.2, 0) is 32.7 Å². The van der Waals surface area contributed by atoms with Crippen molar-refractivity contribution < 1.29 is 27.9 Å². The Morgan fingerprint density at radius 1 is 1.33 bits per heavy atom. The van der Waals surface area contributed by atoms with Crippen LogP contribution in [0.3, 0.4) is 0 Å². The van der Waals surface area contributed by atoms with Gasteiger partial charge in [0.2, 0.25) is 0 Å². The molecule has 1 aromatic rings. The summed E-state index contributed by atoms with van der Waals surface area (Å²) in [6, 6.07) is 5.69. The quantitative estimate of drug-likeness (QED) is 0.818. The molecule has 1 aliphatic rings. The summed E-state index contributed by atoms with van der Waals surface area (Å²) in [5, 5.41) is 9.24. The van der Waals surface area contributed by atoms with Crippen LogP contribution in [0.2, 0.25) is 0 Å². The second-order valence-corrected chi connectivity index (χ2v) is 6.09. The summed E-state index contributed by atoms with van der Waals surface area (Å²) in [7, 11) is -3.28. The molecule has 0 fully saturated rings. The van der Waals surface area contributed by atoms with Gasteiger partial charge in [0.1, 0.15) is 6.04 Å². The molecule has 0 aliphatic carbocycles. The van der Waals surface area contributed by atoms with Gasteiger partial charge in [-0.1, -0.05) is 24.3 Å². The second kappa shape index (κ2) is 5.70. The number of carbonyl (C=O) groups excluding carboxylic acids is 1. The molecule has 0 radical (unpaired) electrons. The molecule has 2 rings (SSSR count). The number of carboxylic acids is 1. The van der Waals surface area contributed by atoms with Crippen molar-refractivity contribution in [2.75, 3.05) is 7.11 Å². The number of fused-ring (bicyclic) bond motifs is 1. The Morgan fingerprint density at radius 2 is 1.95 bits per heavy atom. The average molecular weight is 314 g/mol. The van der Waals surface area contributed by atoms with E-state index in [4.69, 9.17) is 0 Å². The zero-order chi connectivity index (χ0) is 15.6. The standard InChI is InChI=1S/C12H14N2O6S/c1-20-12(17)13-21(18,19)14-7-9-5-3-2-4-8(9)6-10(14)11(15)16/h2-5,10H,6-7H2,1H3,(H,13,17)(H,15,16)/t10-/m0/s1. The zero-order valence-corrected chi connectivity index (χ0v) is 12.0. The van der Waals surface area contributed by atoms with Crippen molar-refractivity contribution in [1.82, 2.24) is 9.03 Å². The average Bonchev–Trinajstić information content (AvgIpc) is 2.45. The molecule has 0 bridgehead atoms. The first-order valence-electron chi connectivity index (χ1n) is 6.02. The number of amides is 1. The highest BCUT2D eigenvalue weighted by molar-refractivity contribution is 7.87. The molecule has 9 heteroatoms. The van der Waals surface area contributed by atoms with Crippen molar-refractivity contribution in [2.45, 2.75) is 19.0 Å². The van der Waals surface area contributed by atoms with Gasteiger partial charge < -0.3 is 9.84 Å². The van der Waals surface area contributed by atoms with E-state index in [1.807, 2.05) is 0 Å². The van der Waals surface area contributed by atoms with Gasteiger partial charge in [0.25, 0.3) is 0 Å². The number of rotatable bonds is 3. The van der Waals surface area contributed by atoms with Gasteiger partial charge in [0.05, 0.1) is 7.11 Å². The molecule has 0 saturated carbocycles. The first kappa shape index (κ1) is 15.3.